The number of rotatable bonds is 2. The summed E-state index contributed by atoms with van der Waals surface area (Å²) < 4.78 is 40.0. The second-order valence-electron chi connectivity index (χ2n) is 8.25. The molecule has 164 valence electrons. The molecule has 9 heteroatoms. The first-order valence-electron chi connectivity index (χ1n) is 10.3. The van der Waals surface area contributed by atoms with Crippen molar-refractivity contribution >= 4 is 22.8 Å². The van der Waals surface area contributed by atoms with Crippen molar-refractivity contribution in [3.8, 4) is 11.3 Å². The van der Waals surface area contributed by atoms with Crippen LogP contribution >= 0.6 is 0 Å². The summed E-state index contributed by atoms with van der Waals surface area (Å²) in [6, 6.07) is 1.83. The van der Waals surface area contributed by atoms with Crippen LogP contribution in [-0.2, 0) is 4.79 Å². The van der Waals surface area contributed by atoms with Crippen LogP contribution in [0.15, 0.2) is 24.5 Å². The smallest absolute Gasteiger partial charge is 0.306 e. The summed E-state index contributed by atoms with van der Waals surface area (Å²) >= 11 is 0. The summed E-state index contributed by atoms with van der Waals surface area (Å²) in [4.78, 5) is 21.1. The van der Waals surface area contributed by atoms with E-state index in [0.717, 1.165) is 25.0 Å². The van der Waals surface area contributed by atoms with Crippen LogP contribution in [0.25, 0.3) is 22.3 Å². The van der Waals surface area contributed by atoms with Crippen LogP contribution in [0, 0.1) is 35.2 Å². The number of hydrogen-bond donors (Lipinski definition) is 3. The van der Waals surface area contributed by atoms with E-state index in [2.05, 4.69) is 15.0 Å². The number of carboxylic acid groups (broad SMARTS) is 1. The minimum absolute atomic E-state index is 0.00810. The number of H-pyrrole nitrogens is 1. The zero-order chi connectivity index (χ0) is 22.1. The number of aromatic amines is 1. The Morgan fingerprint density at radius 1 is 1.13 bits per heavy atom. The molecule has 4 N–H and O–H groups in total. The molecule has 3 aliphatic rings. The van der Waals surface area contributed by atoms with Crippen molar-refractivity contribution in [2.45, 2.75) is 38.5 Å². The van der Waals surface area contributed by atoms with Crippen molar-refractivity contribution in [3.05, 3.63) is 42.0 Å². The largest absolute Gasteiger partial charge is 0.481 e. The first-order chi connectivity index (χ1) is 14.8. The number of aliphatic carboxylic acids is 1. The number of aromatic nitrogens is 3. The van der Waals surface area contributed by atoms with Gasteiger partial charge in [-0.15, -0.1) is 0 Å². The van der Waals surface area contributed by atoms with Gasteiger partial charge in [0.2, 0.25) is 0 Å². The minimum Gasteiger partial charge on any atom is -0.481 e. The highest BCUT2D eigenvalue weighted by Crippen LogP contribution is 2.42. The van der Waals surface area contributed by atoms with Gasteiger partial charge in [-0.3, -0.25) is 4.79 Å². The molecule has 3 aromatic rings. The van der Waals surface area contributed by atoms with Crippen LogP contribution in [0.4, 0.5) is 19.0 Å². The monoisotopic (exact) mass is 432 g/mol. The number of nitrogens with one attached hydrogen (secondary N) is 1. The highest BCUT2D eigenvalue weighted by Gasteiger charge is 2.37. The van der Waals surface area contributed by atoms with Gasteiger partial charge in [-0.05, 0) is 37.2 Å². The number of anilines is 1. The number of pyridine rings is 2. The standard InChI is InChI=1S/C12H7F3N4.C10H16O2/c13-5-1-6-7(4-18-12(6)17-3-5)10-8(14)2-9(15)11(16)19-10;11-10(12)9-6-7-2-1-3-8(9)5-4-7/h1-4H,(H2,16,19)(H,17,18);7-9H,1-6H2,(H,11,12). The van der Waals surface area contributed by atoms with E-state index in [1.807, 2.05) is 0 Å². The molecular weight excluding hydrogens is 409 g/mol. The average Bonchev–Trinajstić information content (AvgIpc) is 2.89. The third kappa shape index (κ3) is 4.35. The Bertz CT molecular complexity index is 1110. The van der Waals surface area contributed by atoms with Crippen molar-refractivity contribution in [2.75, 3.05) is 5.73 Å². The molecule has 6 rings (SSSR count). The quantitative estimate of drug-likeness (QED) is 0.534. The van der Waals surface area contributed by atoms with Crippen LogP contribution < -0.4 is 5.73 Å². The van der Waals surface area contributed by atoms with Gasteiger partial charge in [-0.25, -0.2) is 23.1 Å². The molecule has 3 saturated carbocycles. The maximum Gasteiger partial charge on any atom is 0.306 e. The molecule has 0 aliphatic heterocycles. The zero-order valence-corrected chi connectivity index (χ0v) is 16.7. The van der Waals surface area contributed by atoms with E-state index in [9.17, 15) is 18.0 Å². The third-order valence-electron chi connectivity index (χ3n) is 6.32. The van der Waals surface area contributed by atoms with Crippen molar-refractivity contribution in [2.24, 2.45) is 17.8 Å². The van der Waals surface area contributed by atoms with Crippen LogP contribution in [0.3, 0.4) is 0 Å². The Hall–Kier alpha value is -3.10. The molecule has 0 radical (unpaired) electrons. The number of halogens is 3. The summed E-state index contributed by atoms with van der Waals surface area (Å²) in [5, 5.41) is 9.33. The van der Waals surface area contributed by atoms with Gasteiger partial charge in [-0.2, -0.15) is 0 Å². The first-order valence-corrected chi connectivity index (χ1v) is 10.3. The normalized spacial score (nSPS) is 22.6. The van der Waals surface area contributed by atoms with E-state index in [0.29, 0.717) is 23.0 Å². The Morgan fingerprint density at radius 3 is 2.71 bits per heavy atom. The Morgan fingerprint density at radius 2 is 1.94 bits per heavy atom. The number of nitrogens with two attached hydrogens (primary N) is 1. The molecule has 3 aromatic heterocycles. The van der Waals surface area contributed by atoms with Gasteiger partial charge >= 0.3 is 5.97 Å². The molecule has 0 saturated heterocycles. The number of carboxylic acids is 1. The molecule has 0 aromatic carbocycles. The van der Waals surface area contributed by atoms with Crippen LogP contribution in [0.5, 0.6) is 0 Å². The molecule has 3 aliphatic carbocycles. The first kappa shape index (κ1) is 21.1. The van der Waals surface area contributed by atoms with Crippen LogP contribution in [-0.4, -0.2) is 26.0 Å². The molecule has 3 heterocycles. The van der Waals surface area contributed by atoms with Gasteiger partial charge in [0.1, 0.15) is 17.2 Å². The predicted molar refractivity (Wildman–Crippen MR) is 109 cm³/mol. The fourth-order valence-corrected chi connectivity index (χ4v) is 4.74. The molecule has 0 amide bonds. The lowest BCUT2D eigenvalue weighted by Gasteiger charge is -2.29. The highest BCUT2D eigenvalue weighted by atomic mass is 19.1. The molecule has 31 heavy (non-hydrogen) atoms. The fourth-order valence-electron chi connectivity index (χ4n) is 4.74. The molecule has 0 spiro atoms. The summed E-state index contributed by atoms with van der Waals surface area (Å²) in [7, 11) is 0. The lowest BCUT2D eigenvalue weighted by molar-refractivity contribution is -0.145. The van der Waals surface area contributed by atoms with Crippen molar-refractivity contribution in [3.63, 3.8) is 0 Å². The molecule has 3 fully saturated rings. The van der Waals surface area contributed by atoms with E-state index in [-0.39, 0.29) is 17.2 Å². The summed E-state index contributed by atoms with van der Waals surface area (Å²) in [6.45, 7) is 0. The van der Waals surface area contributed by atoms with Gasteiger partial charge in [0.05, 0.1) is 12.1 Å². The van der Waals surface area contributed by atoms with E-state index >= 15 is 0 Å². The Labute approximate surface area is 176 Å². The lowest BCUT2D eigenvalue weighted by atomic mass is 9.75. The minimum atomic E-state index is -0.939. The third-order valence-corrected chi connectivity index (χ3v) is 6.32. The van der Waals surface area contributed by atoms with Gasteiger partial charge < -0.3 is 15.8 Å². The van der Waals surface area contributed by atoms with Crippen molar-refractivity contribution < 1.29 is 23.1 Å². The Balaban J connectivity index is 0.000000166. The zero-order valence-electron chi connectivity index (χ0n) is 16.7. The number of carbonyl (C=O) groups is 1. The highest BCUT2D eigenvalue weighted by molar-refractivity contribution is 5.92. The molecule has 3 unspecified atom stereocenters. The van der Waals surface area contributed by atoms with E-state index < -0.39 is 29.2 Å². The molecule has 6 nitrogen and oxygen atoms in total. The van der Waals surface area contributed by atoms with E-state index in [1.54, 1.807) is 0 Å². The molecule has 2 bridgehead atoms. The van der Waals surface area contributed by atoms with Gasteiger partial charge in [0.15, 0.2) is 17.5 Å². The summed E-state index contributed by atoms with van der Waals surface area (Å²) in [5.41, 5.74) is 5.81. The maximum absolute atomic E-state index is 13.7. The van der Waals surface area contributed by atoms with Gasteiger partial charge in [-0.1, -0.05) is 19.3 Å². The van der Waals surface area contributed by atoms with Crippen LogP contribution in [0.2, 0.25) is 0 Å². The molecular formula is C22H23F3N4O2. The van der Waals surface area contributed by atoms with Crippen molar-refractivity contribution in [1.82, 2.24) is 15.0 Å². The van der Waals surface area contributed by atoms with Gasteiger partial charge in [0, 0.05) is 23.2 Å². The second kappa shape index (κ2) is 8.56. The average molecular weight is 432 g/mol. The summed E-state index contributed by atoms with van der Waals surface area (Å²) in [5.74, 6) is -2.13. The Kier molecular flexibility index (Phi) is 5.84. The lowest BCUT2D eigenvalue weighted by Crippen LogP contribution is -2.28. The SMILES string of the molecule is Nc1nc(-c2c[nH]c3ncc(F)cc23)c(F)cc1F.O=C(O)C1CC2CCCC1CC2. The predicted octanol–water partition coefficient (Wildman–Crippen LogP) is 4.91. The topological polar surface area (TPSA) is 105 Å². The maximum atomic E-state index is 13.7. The fraction of sp³-hybridized carbons (Fsp3) is 0.409. The number of hydrogen-bond acceptors (Lipinski definition) is 4. The van der Waals surface area contributed by atoms with Crippen LogP contribution in [0.1, 0.15) is 38.5 Å². The second-order valence-corrected chi connectivity index (χ2v) is 8.25. The number of nitrogen functional groups attached to an aromatic ring is 1. The van der Waals surface area contributed by atoms with E-state index in [1.165, 1.54) is 37.9 Å². The van der Waals surface area contributed by atoms with E-state index in [4.69, 9.17) is 10.8 Å². The molecule has 3 atom stereocenters. The summed E-state index contributed by atoms with van der Waals surface area (Å²) in [6.07, 6.45) is 9.56. The number of fused-ring (bicyclic) bond motifs is 5. The number of nitrogens with zero attached hydrogens (tertiary/aromatic N) is 2. The van der Waals surface area contributed by atoms with Crippen molar-refractivity contribution in [1.29, 1.82) is 0 Å². The van der Waals surface area contributed by atoms with Gasteiger partial charge in [0.25, 0.3) is 0 Å².